The second-order valence-corrected chi connectivity index (χ2v) is 19.3. The van der Waals surface area contributed by atoms with Gasteiger partial charge in [0, 0.05) is 12.8 Å². The summed E-state index contributed by atoms with van der Waals surface area (Å²) in [6, 6.07) is -0.826. The molecule has 0 spiro atoms. The van der Waals surface area contributed by atoms with Crippen molar-refractivity contribution in [2.24, 2.45) is 0 Å². The van der Waals surface area contributed by atoms with Crippen LogP contribution in [0.15, 0.2) is 48.6 Å². The van der Waals surface area contributed by atoms with Gasteiger partial charge in [-0.1, -0.05) is 184 Å². The maximum absolute atomic E-state index is 13.0. The Kier molecular flexibility index (Phi) is 44.0. The van der Waals surface area contributed by atoms with Gasteiger partial charge in [-0.3, -0.25) is 9.59 Å². The molecule has 6 N–H and O–H groups in total. The minimum absolute atomic E-state index is 0.0493. The Balaban J connectivity index is 2.11. The topological polar surface area (TPSA) is 175 Å². The van der Waals surface area contributed by atoms with Crippen molar-refractivity contribution in [1.82, 2.24) is 5.32 Å². The zero-order valence-electron chi connectivity index (χ0n) is 43.3. The van der Waals surface area contributed by atoms with Gasteiger partial charge >= 0.3 is 5.97 Å². The Labute approximate surface area is 415 Å². The van der Waals surface area contributed by atoms with Crippen molar-refractivity contribution in [2.45, 2.75) is 281 Å². The van der Waals surface area contributed by atoms with E-state index in [9.17, 15) is 35.1 Å². The molecule has 396 valence electrons. The van der Waals surface area contributed by atoms with Crippen molar-refractivity contribution in [2.75, 3.05) is 19.8 Å². The van der Waals surface area contributed by atoms with Gasteiger partial charge < -0.3 is 45.1 Å². The van der Waals surface area contributed by atoms with Crippen LogP contribution in [0.5, 0.6) is 0 Å². The second-order valence-electron chi connectivity index (χ2n) is 19.3. The van der Waals surface area contributed by atoms with Crippen molar-refractivity contribution < 1.29 is 49.3 Å². The number of rotatable bonds is 47. The van der Waals surface area contributed by atoms with Crippen LogP contribution in [0, 0.1) is 0 Å². The molecule has 1 aliphatic rings. The van der Waals surface area contributed by atoms with Crippen LogP contribution in [0.1, 0.15) is 239 Å². The van der Waals surface area contributed by atoms with E-state index in [1.807, 2.05) is 6.08 Å². The summed E-state index contributed by atoms with van der Waals surface area (Å²) in [7, 11) is 0. The van der Waals surface area contributed by atoms with Crippen LogP contribution in [0.25, 0.3) is 0 Å². The summed E-state index contributed by atoms with van der Waals surface area (Å²) in [5.41, 5.74) is 0. The average molecular weight is 962 g/mol. The van der Waals surface area contributed by atoms with Crippen LogP contribution >= 0.6 is 0 Å². The minimum Gasteiger partial charge on any atom is -0.466 e. The normalized spacial score (nSPS) is 19.8. The molecular formula is C57H103NO10. The number of carbonyl (C=O) groups excluding carboxylic acids is 2. The Morgan fingerprint density at radius 2 is 0.985 bits per heavy atom. The lowest BCUT2D eigenvalue weighted by Gasteiger charge is -2.40. The van der Waals surface area contributed by atoms with Gasteiger partial charge in [-0.25, -0.2) is 0 Å². The van der Waals surface area contributed by atoms with Crippen molar-refractivity contribution in [1.29, 1.82) is 0 Å². The molecule has 0 bridgehead atoms. The van der Waals surface area contributed by atoms with Crippen LogP contribution in [-0.4, -0.2) is 100 Å². The van der Waals surface area contributed by atoms with E-state index in [-0.39, 0.29) is 18.5 Å². The number of aliphatic hydroxyl groups is 5. The molecule has 1 amide bonds. The third-order valence-corrected chi connectivity index (χ3v) is 12.9. The van der Waals surface area contributed by atoms with Crippen LogP contribution in [0.2, 0.25) is 0 Å². The molecule has 11 heteroatoms. The second kappa shape index (κ2) is 47.0. The SMILES string of the molecule is CCCCCCCCC/C=C\CCCCCCCC(=O)OCCCCC/C=C\C=C/CCCCCCCCC(=O)NC(COC1OC(CO)C(O)C(O)C1O)C(O)/C=C/CCCCCCCCC. The number of ether oxygens (including phenoxy) is 3. The molecule has 1 heterocycles. The van der Waals surface area contributed by atoms with E-state index in [4.69, 9.17) is 14.2 Å². The molecule has 0 radical (unpaired) electrons. The molecular weight excluding hydrogens is 859 g/mol. The van der Waals surface area contributed by atoms with Crippen molar-refractivity contribution in [3.8, 4) is 0 Å². The van der Waals surface area contributed by atoms with Gasteiger partial charge in [0.05, 0.1) is 32.0 Å². The summed E-state index contributed by atoms with van der Waals surface area (Å²) in [6.45, 7) is 4.22. The summed E-state index contributed by atoms with van der Waals surface area (Å²) in [6.07, 6.45) is 47.8. The molecule has 0 aromatic carbocycles. The lowest BCUT2D eigenvalue weighted by Crippen LogP contribution is -2.60. The number of nitrogens with one attached hydrogen (secondary N) is 1. The predicted molar refractivity (Wildman–Crippen MR) is 278 cm³/mol. The van der Waals surface area contributed by atoms with Gasteiger partial charge in [0.15, 0.2) is 6.29 Å². The summed E-state index contributed by atoms with van der Waals surface area (Å²) in [4.78, 5) is 25.0. The zero-order chi connectivity index (χ0) is 49.6. The Bertz CT molecular complexity index is 1270. The standard InChI is InChI=1S/C57H103NO10/c1-3-5-7-9-11-13-14-15-16-19-22-25-29-33-37-41-45-53(62)66-46-42-38-34-30-26-23-20-17-18-21-24-28-32-36-40-44-52(61)58-49(50(60)43-39-35-31-27-12-10-8-6-4-2)48-67-57-56(65)55(64)54(63)51(47-59)68-57/h16-17,19-20,23,26,39,43,49-51,54-57,59-60,63-65H,3-15,18,21-22,24-25,27-38,40-42,44-48H2,1-2H3,(H,58,61)/b19-16-,20-17-,26-23-,43-39+. The van der Waals surface area contributed by atoms with E-state index in [0.717, 1.165) is 103 Å². The molecule has 68 heavy (non-hydrogen) atoms. The Morgan fingerprint density at radius 3 is 1.50 bits per heavy atom. The number of aliphatic hydroxyl groups excluding tert-OH is 5. The first-order chi connectivity index (χ1) is 33.2. The van der Waals surface area contributed by atoms with E-state index in [0.29, 0.717) is 19.4 Å². The first-order valence-electron chi connectivity index (χ1n) is 27.9. The first-order valence-corrected chi connectivity index (χ1v) is 27.9. The van der Waals surface area contributed by atoms with E-state index in [1.54, 1.807) is 6.08 Å². The fourth-order valence-electron chi connectivity index (χ4n) is 8.42. The molecule has 7 atom stereocenters. The largest absolute Gasteiger partial charge is 0.466 e. The van der Waals surface area contributed by atoms with E-state index < -0.39 is 49.5 Å². The van der Waals surface area contributed by atoms with E-state index >= 15 is 0 Å². The first kappa shape index (κ1) is 63.6. The molecule has 1 saturated heterocycles. The molecule has 1 rings (SSSR count). The molecule has 1 fully saturated rings. The lowest BCUT2D eigenvalue weighted by atomic mass is 9.99. The maximum Gasteiger partial charge on any atom is 0.305 e. The van der Waals surface area contributed by atoms with Crippen LogP contribution < -0.4 is 5.32 Å². The zero-order valence-corrected chi connectivity index (χ0v) is 43.3. The van der Waals surface area contributed by atoms with Gasteiger partial charge in [-0.2, -0.15) is 0 Å². The van der Waals surface area contributed by atoms with Crippen LogP contribution in [-0.2, 0) is 23.8 Å². The number of hydrogen-bond acceptors (Lipinski definition) is 10. The molecule has 0 aromatic heterocycles. The lowest BCUT2D eigenvalue weighted by molar-refractivity contribution is -0.302. The highest BCUT2D eigenvalue weighted by Gasteiger charge is 2.44. The highest BCUT2D eigenvalue weighted by atomic mass is 16.7. The summed E-state index contributed by atoms with van der Waals surface area (Å²) in [5, 5.41) is 54.1. The van der Waals surface area contributed by atoms with Crippen molar-refractivity contribution >= 4 is 11.9 Å². The third-order valence-electron chi connectivity index (χ3n) is 12.9. The average Bonchev–Trinajstić information content (AvgIpc) is 3.33. The van der Waals surface area contributed by atoms with E-state index in [1.165, 1.54) is 109 Å². The Hall–Kier alpha value is -2.38. The maximum atomic E-state index is 13.0. The fraction of sp³-hybridized carbons (Fsp3) is 0.825. The highest BCUT2D eigenvalue weighted by molar-refractivity contribution is 5.76. The molecule has 1 aliphatic heterocycles. The summed E-state index contributed by atoms with van der Waals surface area (Å²) >= 11 is 0. The van der Waals surface area contributed by atoms with Gasteiger partial charge in [0.25, 0.3) is 0 Å². The third kappa shape index (κ3) is 36.5. The van der Waals surface area contributed by atoms with Crippen molar-refractivity contribution in [3.05, 3.63) is 48.6 Å². The quantitative estimate of drug-likeness (QED) is 0.0149. The molecule has 0 saturated carbocycles. The summed E-state index contributed by atoms with van der Waals surface area (Å²) in [5.74, 6) is -0.257. The van der Waals surface area contributed by atoms with Crippen molar-refractivity contribution in [3.63, 3.8) is 0 Å². The fourth-order valence-corrected chi connectivity index (χ4v) is 8.42. The molecule has 7 unspecified atom stereocenters. The Morgan fingerprint density at radius 1 is 0.544 bits per heavy atom. The van der Waals surface area contributed by atoms with Gasteiger partial charge in [0.1, 0.15) is 24.4 Å². The molecule has 0 aromatic rings. The number of allylic oxidation sites excluding steroid dienone is 7. The monoisotopic (exact) mass is 962 g/mol. The van der Waals surface area contributed by atoms with Crippen LogP contribution in [0.3, 0.4) is 0 Å². The van der Waals surface area contributed by atoms with E-state index in [2.05, 4.69) is 55.6 Å². The number of esters is 1. The highest BCUT2D eigenvalue weighted by Crippen LogP contribution is 2.23. The van der Waals surface area contributed by atoms with Gasteiger partial charge in [0.2, 0.25) is 5.91 Å². The predicted octanol–water partition coefficient (Wildman–Crippen LogP) is 12.1. The van der Waals surface area contributed by atoms with Gasteiger partial charge in [-0.15, -0.1) is 0 Å². The molecule has 0 aliphatic carbocycles. The number of amides is 1. The molecule has 11 nitrogen and oxygen atoms in total. The smallest absolute Gasteiger partial charge is 0.305 e. The van der Waals surface area contributed by atoms with Crippen LogP contribution in [0.4, 0.5) is 0 Å². The number of unbranched alkanes of at least 4 members (excludes halogenated alkanes) is 28. The van der Waals surface area contributed by atoms with Gasteiger partial charge in [-0.05, 0) is 89.9 Å². The number of carbonyl (C=O) groups is 2. The minimum atomic E-state index is -1.58. The number of hydrogen-bond donors (Lipinski definition) is 6. The summed E-state index contributed by atoms with van der Waals surface area (Å²) < 4.78 is 16.6.